The fourth-order valence-corrected chi connectivity index (χ4v) is 0.664. The lowest BCUT2D eigenvalue weighted by atomic mass is 10.4. The van der Waals surface area contributed by atoms with E-state index in [1.165, 1.54) is 6.20 Å². The van der Waals surface area contributed by atoms with E-state index in [1.54, 1.807) is 25.3 Å². The minimum atomic E-state index is 0.422. The molecule has 0 fully saturated rings. The van der Waals surface area contributed by atoms with E-state index in [0.29, 0.717) is 17.5 Å². The average molecular weight is 154 g/mol. The molecule has 1 aromatic rings. The van der Waals surface area contributed by atoms with Crippen LogP contribution in [0.4, 0.5) is 5.69 Å². The summed E-state index contributed by atoms with van der Waals surface area (Å²) in [7, 11) is 0. The quantitative estimate of drug-likeness (QED) is 0.665. The first-order chi connectivity index (χ1) is 5.34. The summed E-state index contributed by atoms with van der Waals surface area (Å²) < 4.78 is 0. The molecular weight excluding hydrogens is 144 g/mol. The summed E-state index contributed by atoms with van der Waals surface area (Å²) in [5, 5.41) is 9.79. The first kappa shape index (κ1) is 7.97. The SMILES string of the molecule is CCON(O)c1cccnc1. The smallest absolute Gasteiger partial charge is 0.113 e. The van der Waals surface area contributed by atoms with Gasteiger partial charge in [0.05, 0.1) is 12.8 Å². The molecule has 1 aromatic heterocycles. The van der Waals surface area contributed by atoms with E-state index in [4.69, 9.17) is 10.0 Å². The molecule has 60 valence electrons. The van der Waals surface area contributed by atoms with E-state index < -0.39 is 0 Å². The van der Waals surface area contributed by atoms with E-state index in [2.05, 4.69) is 4.98 Å². The highest BCUT2D eigenvalue weighted by Crippen LogP contribution is 2.08. The standard InChI is InChI=1S/C7H10N2O2/c1-2-11-9(10)7-4-3-5-8-6-7/h3-6,10H,2H2,1H3. The van der Waals surface area contributed by atoms with Crippen molar-refractivity contribution in [2.75, 3.05) is 11.8 Å². The van der Waals surface area contributed by atoms with E-state index in [1.807, 2.05) is 0 Å². The van der Waals surface area contributed by atoms with E-state index in [0.717, 1.165) is 0 Å². The van der Waals surface area contributed by atoms with Crippen LogP contribution in [0.25, 0.3) is 0 Å². The lowest BCUT2D eigenvalue weighted by Gasteiger charge is -2.13. The Bertz CT molecular complexity index is 203. The van der Waals surface area contributed by atoms with Gasteiger partial charge in [0.1, 0.15) is 5.69 Å². The Balaban J connectivity index is 2.61. The molecule has 1 heterocycles. The second-order valence-electron chi connectivity index (χ2n) is 1.90. The zero-order valence-corrected chi connectivity index (χ0v) is 6.27. The van der Waals surface area contributed by atoms with Crippen molar-refractivity contribution in [3.8, 4) is 0 Å². The van der Waals surface area contributed by atoms with Gasteiger partial charge in [0.25, 0.3) is 0 Å². The van der Waals surface area contributed by atoms with Crippen LogP contribution in [-0.4, -0.2) is 16.8 Å². The lowest BCUT2D eigenvalue weighted by molar-refractivity contribution is -0.0354. The third-order valence-electron chi connectivity index (χ3n) is 1.12. The molecule has 0 spiro atoms. The molecule has 0 saturated heterocycles. The summed E-state index contributed by atoms with van der Waals surface area (Å²) in [5.74, 6) is 0. The first-order valence-electron chi connectivity index (χ1n) is 3.36. The Labute approximate surface area is 65.0 Å². The number of nitrogens with zero attached hydrogens (tertiary/aromatic N) is 2. The summed E-state index contributed by atoms with van der Waals surface area (Å²) in [4.78, 5) is 8.58. The lowest BCUT2D eigenvalue weighted by Crippen LogP contribution is -2.18. The van der Waals surface area contributed by atoms with Crippen molar-refractivity contribution in [3.05, 3.63) is 24.5 Å². The zero-order chi connectivity index (χ0) is 8.10. The maximum atomic E-state index is 9.09. The molecule has 0 bridgehead atoms. The van der Waals surface area contributed by atoms with Crippen LogP contribution >= 0.6 is 0 Å². The van der Waals surface area contributed by atoms with Crippen molar-refractivity contribution in [1.82, 2.24) is 4.98 Å². The summed E-state index contributed by atoms with van der Waals surface area (Å²) in [5.41, 5.74) is 0.523. The number of hydrogen-bond donors (Lipinski definition) is 1. The molecule has 0 aliphatic carbocycles. The molecular formula is C7H10N2O2. The van der Waals surface area contributed by atoms with Crippen LogP contribution in [-0.2, 0) is 4.84 Å². The summed E-state index contributed by atoms with van der Waals surface area (Å²) >= 11 is 0. The Hall–Kier alpha value is -1.13. The Morgan fingerprint density at radius 2 is 2.55 bits per heavy atom. The van der Waals surface area contributed by atoms with Crippen LogP contribution in [0.5, 0.6) is 0 Å². The highest BCUT2D eigenvalue weighted by molar-refractivity contribution is 5.37. The van der Waals surface area contributed by atoms with Crippen molar-refractivity contribution in [1.29, 1.82) is 0 Å². The van der Waals surface area contributed by atoms with Crippen LogP contribution in [0.15, 0.2) is 24.5 Å². The molecule has 4 heteroatoms. The topological polar surface area (TPSA) is 45.6 Å². The Morgan fingerprint density at radius 1 is 1.73 bits per heavy atom. The van der Waals surface area contributed by atoms with Gasteiger partial charge in [-0.3, -0.25) is 10.2 Å². The van der Waals surface area contributed by atoms with Gasteiger partial charge in [-0.2, -0.15) is 0 Å². The van der Waals surface area contributed by atoms with Crippen molar-refractivity contribution in [3.63, 3.8) is 0 Å². The van der Waals surface area contributed by atoms with Gasteiger partial charge >= 0.3 is 0 Å². The highest BCUT2D eigenvalue weighted by atomic mass is 16.9. The Kier molecular flexibility index (Phi) is 2.83. The van der Waals surface area contributed by atoms with Crippen molar-refractivity contribution in [2.24, 2.45) is 0 Å². The normalized spacial score (nSPS) is 9.64. The highest BCUT2D eigenvalue weighted by Gasteiger charge is 1.99. The maximum Gasteiger partial charge on any atom is 0.113 e. The molecule has 0 saturated carbocycles. The van der Waals surface area contributed by atoms with Gasteiger partial charge in [-0.1, -0.05) is 0 Å². The fourth-order valence-electron chi connectivity index (χ4n) is 0.664. The van der Waals surface area contributed by atoms with Crippen LogP contribution in [0.3, 0.4) is 0 Å². The van der Waals surface area contributed by atoms with Gasteiger partial charge in [0, 0.05) is 6.20 Å². The summed E-state index contributed by atoms with van der Waals surface area (Å²) in [6.45, 7) is 2.21. The van der Waals surface area contributed by atoms with Gasteiger partial charge in [0.2, 0.25) is 0 Å². The predicted octanol–water partition coefficient (Wildman–Crippen LogP) is 1.23. The van der Waals surface area contributed by atoms with Gasteiger partial charge in [-0.25, -0.2) is 4.84 Å². The van der Waals surface area contributed by atoms with E-state index in [-0.39, 0.29) is 0 Å². The average Bonchev–Trinajstić information content (AvgIpc) is 2.07. The largest absolute Gasteiger partial charge is 0.264 e. The third-order valence-corrected chi connectivity index (χ3v) is 1.12. The molecule has 0 aliphatic heterocycles. The molecule has 0 aromatic carbocycles. The van der Waals surface area contributed by atoms with Gasteiger partial charge in [0.15, 0.2) is 0 Å². The molecule has 1 rings (SSSR count). The third kappa shape index (κ3) is 2.18. The van der Waals surface area contributed by atoms with Gasteiger partial charge in [-0.15, -0.1) is 5.23 Å². The molecule has 0 radical (unpaired) electrons. The number of aromatic nitrogens is 1. The molecule has 0 unspecified atom stereocenters. The van der Waals surface area contributed by atoms with Crippen LogP contribution in [0, 0.1) is 0 Å². The van der Waals surface area contributed by atoms with Gasteiger partial charge < -0.3 is 0 Å². The van der Waals surface area contributed by atoms with Crippen molar-refractivity contribution >= 4 is 5.69 Å². The minimum absolute atomic E-state index is 0.422. The van der Waals surface area contributed by atoms with Gasteiger partial charge in [-0.05, 0) is 19.1 Å². The number of pyridine rings is 1. The number of rotatable bonds is 3. The first-order valence-corrected chi connectivity index (χ1v) is 3.36. The molecule has 0 atom stereocenters. The van der Waals surface area contributed by atoms with Crippen molar-refractivity contribution < 1.29 is 10.0 Å². The van der Waals surface area contributed by atoms with Crippen LogP contribution < -0.4 is 5.23 Å². The van der Waals surface area contributed by atoms with Crippen LogP contribution in [0.1, 0.15) is 6.92 Å². The van der Waals surface area contributed by atoms with E-state index >= 15 is 0 Å². The second-order valence-corrected chi connectivity index (χ2v) is 1.90. The predicted molar refractivity (Wildman–Crippen MR) is 40.1 cm³/mol. The molecule has 11 heavy (non-hydrogen) atoms. The van der Waals surface area contributed by atoms with Crippen LogP contribution in [0.2, 0.25) is 0 Å². The molecule has 1 N–H and O–H groups in total. The molecule has 4 nitrogen and oxygen atoms in total. The minimum Gasteiger partial charge on any atom is -0.264 e. The summed E-state index contributed by atoms with van der Waals surface area (Å²) in [6, 6.07) is 3.42. The van der Waals surface area contributed by atoms with Crippen molar-refractivity contribution in [2.45, 2.75) is 6.92 Å². The summed E-state index contributed by atoms with van der Waals surface area (Å²) in [6.07, 6.45) is 3.14. The fraction of sp³-hybridized carbons (Fsp3) is 0.286. The molecule has 0 amide bonds. The zero-order valence-electron chi connectivity index (χ0n) is 6.27. The molecule has 0 aliphatic rings. The number of anilines is 1. The Morgan fingerprint density at radius 3 is 3.09 bits per heavy atom. The second kappa shape index (κ2) is 3.90. The van der Waals surface area contributed by atoms with E-state index in [9.17, 15) is 0 Å². The maximum absolute atomic E-state index is 9.09. The number of hydrogen-bond acceptors (Lipinski definition) is 4. The monoisotopic (exact) mass is 154 g/mol.